The van der Waals surface area contributed by atoms with E-state index < -0.39 is 7.82 Å². The van der Waals surface area contributed by atoms with Gasteiger partial charge < -0.3 is 9.79 Å². The first-order chi connectivity index (χ1) is 13.5. The fourth-order valence-corrected chi connectivity index (χ4v) is 3.65. The molecule has 0 aromatic carbocycles. The van der Waals surface area contributed by atoms with E-state index in [9.17, 15) is 9.36 Å². The van der Waals surface area contributed by atoms with Gasteiger partial charge in [-0.3, -0.25) is 14.5 Å². The normalized spacial score (nSPS) is 11.7. The zero-order valence-corrected chi connectivity index (χ0v) is 18.3. The summed E-state index contributed by atoms with van der Waals surface area (Å²) in [6, 6.07) is 0. The zero-order chi connectivity index (χ0) is 20.9. The molecule has 0 aliphatic carbocycles. The highest BCUT2D eigenvalue weighted by Crippen LogP contribution is 2.35. The molecule has 0 atom stereocenters. The third-order valence-electron chi connectivity index (χ3n) is 4.93. The molecule has 0 rings (SSSR count). The number of hydrogen-bond donors (Lipinski definition) is 4. The lowest BCUT2D eigenvalue weighted by Gasteiger charge is -2.05. The second kappa shape index (κ2) is 19.8. The van der Waals surface area contributed by atoms with Gasteiger partial charge in [-0.1, -0.05) is 96.3 Å². The summed E-state index contributed by atoms with van der Waals surface area (Å²) in [5, 5.41) is 8.38. The molecule has 8 heteroatoms. The minimum absolute atomic E-state index is 0.146. The molecule has 0 spiro atoms. The largest absolute Gasteiger partial charge is 0.469 e. The minimum atomic E-state index is -4.28. The van der Waals surface area contributed by atoms with Crippen molar-refractivity contribution in [1.82, 2.24) is 5.48 Å². The van der Waals surface area contributed by atoms with E-state index >= 15 is 0 Å². The van der Waals surface area contributed by atoms with Gasteiger partial charge in [0.1, 0.15) is 0 Å². The van der Waals surface area contributed by atoms with Crippen LogP contribution in [-0.4, -0.2) is 27.5 Å². The minimum Gasteiger partial charge on any atom is -0.303 e. The highest BCUT2D eigenvalue weighted by Gasteiger charge is 2.12. The third-order valence-corrected chi connectivity index (χ3v) is 5.45. The van der Waals surface area contributed by atoms with Crippen LogP contribution in [0.3, 0.4) is 0 Å². The second-order valence-corrected chi connectivity index (χ2v) is 8.86. The van der Waals surface area contributed by atoms with Gasteiger partial charge in [0.2, 0.25) is 5.91 Å². The molecule has 0 aliphatic heterocycles. The van der Waals surface area contributed by atoms with E-state index in [-0.39, 0.29) is 12.5 Å². The summed E-state index contributed by atoms with van der Waals surface area (Å²) in [5.74, 6) is -0.286. The van der Waals surface area contributed by atoms with E-state index in [2.05, 4.69) is 4.52 Å². The maximum atomic E-state index is 10.8. The number of amides is 1. The molecule has 0 heterocycles. The molecule has 0 saturated carbocycles. The monoisotopic (exact) mass is 423 g/mol. The summed E-state index contributed by atoms with van der Waals surface area (Å²) in [5.41, 5.74) is 1.66. The van der Waals surface area contributed by atoms with Crippen LogP contribution in [-0.2, 0) is 13.9 Å². The van der Waals surface area contributed by atoms with Crippen molar-refractivity contribution in [3.8, 4) is 0 Å². The van der Waals surface area contributed by atoms with Gasteiger partial charge in [0.05, 0.1) is 6.61 Å². The summed E-state index contributed by atoms with van der Waals surface area (Å²) in [4.78, 5) is 27.9. The van der Waals surface area contributed by atoms with Crippen LogP contribution in [0.5, 0.6) is 0 Å². The van der Waals surface area contributed by atoms with Gasteiger partial charge in [0, 0.05) is 6.42 Å². The molecule has 0 saturated heterocycles. The fraction of sp³-hybridized carbons (Fsp3) is 0.950. The van der Waals surface area contributed by atoms with Crippen molar-refractivity contribution in [2.75, 3.05) is 6.61 Å². The Balaban J connectivity index is 3.07. The predicted octanol–water partition coefficient (Wildman–Crippen LogP) is 5.62. The molecule has 0 bridgehead atoms. The average molecular weight is 424 g/mol. The molecule has 0 radical (unpaired) electrons. The Bertz CT molecular complexity index is 402. The van der Waals surface area contributed by atoms with Gasteiger partial charge in [-0.15, -0.1) is 0 Å². The van der Waals surface area contributed by atoms with Crippen LogP contribution in [0.25, 0.3) is 0 Å². The van der Waals surface area contributed by atoms with E-state index in [0.717, 1.165) is 25.7 Å². The molecule has 0 unspecified atom stereocenters. The Kier molecular flexibility index (Phi) is 19.5. The second-order valence-electron chi connectivity index (χ2n) is 7.62. The smallest absolute Gasteiger partial charge is 0.303 e. The van der Waals surface area contributed by atoms with Gasteiger partial charge in [-0.2, -0.15) is 0 Å². The predicted molar refractivity (Wildman–Crippen MR) is 111 cm³/mol. The van der Waals surface area contributed by atoms with Gasteiger partial charge in [0.15, 0.2) is 0 Å². The molecule has 0 aromatic rings. The third kappa shape index (κ3) is 23.6. The van der Waals surface area contributed by atoms with Gasteiger partial charge in [-0.05, 0) is 12.8 Å². The first kappa shape index (κ1) is 27.5. The van der Waals surface area contributed by atoms with Crippen LogP contribution in [0, 0.1) is 0 Å². The number of phosphoric ester groups is 1. The summed E-state index contributed by atoms with van der Waals surface area (Å²) >= 11 is 0. The highest BCUT2D eigenvalue weighted by atomic mass is 31.2. The number of carbonyl (C=O) groups is 1. The molecule has 4 N–H and O–H groups in total. The number of nitrogens with one attached hydrogen (secondary N) is 1. The molecule has 0 aliphatic rings. The SMILES string of the molecule is O=C(CCCCCCCCCCCCCCCCCCCOP(=O)(O)O)NO. The molecule has 0 aromatic heterocycles. The summed E-state index contributed by atoms with van der Waals surface area (Å²) < 4.78 is 14.9. The van der Waals surface area contributed by atoms with Crippen molar-refractivity contribution in [2.45, 2.75) is 116 Å². The lowest BCUT2D eigenvalue weighted by molar-refractivity contribution is -0.129. The van der Waals surface area contributed by atoms with Crippen molar-refractivity contribution in [1.29, 1.82) is 0 Å². The number of hydroxylamine groups is 1. The number of hydrogen-bond acceptors (Lipinski definition) is 4. The number of phosphoric acid groups is 1. The van der Waals surface area contributed by atoms with E-state index in [0.29, 0.717) is 12.8 Å². The molecular weight excluding hydrogens is 381 g/mol. The summed E-state index contributed by atoms with van der Waals surface area (Å²) in [7, 11) is -4.28. The van der Waals surface area contributed by atoms with E-state index in [4.69, 9.17) is 15.0 Å². The number of carbonyl (C=O) groups excluding carboxylic acids is 1. The topological polar surface area (TPSA) is 116 Å². The van der Waals surface area contributed by atoms with Gasteiger partial charge in [0.25, 0.3) is 0 Å². The summed E-state index contributed by atoms with van der Waals surface area (Å²) in [6.45, 7) is 0.146. The number of unbranched alkanes of at least 4 members (excludes halogenated alkanes) is 16. The zero-order valence-electron chi connectivity index (χ0n) is 17.4. The van der Waals surface area contributed by atoms with Crippen LogP contribution in [0.2, 0.25) is 0 Å². The maximum absolute atomic E-state index is 10.8. The van der Waals surface area contributed by atoms with Crippen molar-refractivity contribution in [3.63, 3.8) is 0 Å². The quantitative estimate of drug-likeness (QED) is 0.0824. The van der Waals surface area contributed by atoms with Crippen molar-refractivity contribution in [2.24, 2.45) is 0 Å². The molecule has 1 amide bonds. The Morgan fingerprint density at radius 3 is 1.29 bits per heavy atom. The first-order valence-corrected chi connectivity index (χ1v) is 12.6. The van der Waals surface area contributed by atoms with E-state index in [1.54, 1.807) is 5.48 Å². The molecule has 0 fully saturated rings. The Morgan fingerprint density at radius 2 is 0.964 bits per heavy atom. The van der Waals surface area contributed by atoms with Crippen molar-refractivity contribution >= 4 is 13.7 Å². The van der Waals surface area contributed by atoms with E-state index in [1.165, 1.54) is 77.0 Å². The first-order valence-electron chi connectivity index (χ1n) is 11.1. The molecule has 7 nitrogen and oxygen atoms in total. The lowest BCUT2D eigenvalue weighted by Crippen LogP contribution is -2.17. The number of rotatable bonds is 21. The van der Waals surface area contributed by atoms with Crippen LogP contribution in [0.1, 0.15) is 116 Å². The Labute approximate surface area is 170 Å². The van der Waals surface area contributed by atoms with Crippen LogP contribution < -0.4 is 5.48 Å². The average Bonchev–Trinajstić information content (AvgIpc) is 2.65. The highest BCUT2D eigenvalue weighted by molar-refractivity contribution is 7.46. The standard InChI is InChI=1S/C20H42NO6P/c22-20(21-23)18-16-14-12-10-8-6-4-2-1-3-5-7-9-11-13-15-17-19-27-28(24,25)26/h23H,1-19H2,(H,21,22)(H2,24,25,26). The van der Waals surface area contributed by atoms with Crippen LogP contribution in [0.4, 0.5) is 0 Å². The van der Waals surface area contributed by atoms with Crippen molar-refractivity contribution < 1.29 is 28.9 Å². The molecule has 28 heavy (non-hydrogen) atoms. The van der Waals surface area contributed by atoms with Crippen LogP contribution >= 0.6 is 7.82 Å². The van der Waals surface area contributed by atoms with Crippen LogP contribution in [0.15, 0.2) is 0 Å². The maximum Gasteiger partial charge on any atom is 0.469 e. The fourth-order valence-electron chi connectivity index (χ4n) is 3.28. The van der Waals surface area contributed by atoms with Gasteiger partial charge in [-0.25, -0.2) is 10.0 Å². The van der Waals surface area contributed by atoms with Crippen molar-refractivity contribution in [3.05, 3.63) is 0 Å². The molecular formula is C20H42NO6P. The Hall–Kier alpha value is -0.460. The Morgan fingerprint density at radius 1 is 0.643 bits per heavy atom. The lowest BCUT2D eigenvalue weighted by atomic mass is 10.0. The van der Waals surface area contributed by atoms with Gasteiger partial charge >= 0.3 is 7.82 Å². The molecule has 168 valence electrons. The summed E-state index contributed by atoms with van der Waals surface area (Å²) in [6.07, 6.45) is 20.5. The van der Waals surface area contributed by atoms with E-state index in [1.807, 2.05) is 0 Å².